The molecule has 2 aliphatic rings. The van der Waals surface area contributed by atoms with Gasteiger partial charge in [-0.05, 0) is 12.8 Å². The maximum atomic E-state index is 11.5. The number of hydrogen-bond acceptors (Lipinski definition) is 5. The minimum absolute atomic E-state index is 0.134. The summed E-state index contributed by atoms with van der Waals surface area (Å²) in [7, 11) is 0. The first-order valence-electron chi connectivity index (χ1n) is 8.90. The standard InChI is InChI=1S/C19H23N5O/c1-14(25)23-9-11-24(12-10-23)19-21-17(15-5-3-2-4-6-15)13-18(22-19)20-16-7-8-16/h2-6,13,16H,7-12H2,1H3,(H,20,21,22). The van der Waals surface area contributed by atoms with Gasteiger partial charge in [0.1, 0.15) is 5.82 Å². The van der Waals surface area contributed by atoms with E-state index in [1.807, 2.05) is 29.2 Å². The van der Waals surface area contributed by atoms with Crippen LogP contribution in [0.3, 0.4) is 0 Å². The highest BCUT2D eigenvalue weighted by molar-refractivity contribution is 5.73. The molecule has 0 unspecified atom stereocenters. The second-order valence-electron chi connectivity index (χ2n) is 6.72. The van der Waals surface area contributed by atoms with Crippen molar-refractivity contribution in [2.75, 3.05) is 36.4 Å². The lowest BCUT2D eigenvalue weighted by atomic mass is 10.1. The normalized spacial score (nSPS) is 17.5. The number of carbonyl (C=O) groups excluding carboxylic acids is 1. The molecule has 0 spiro atoms. The summed E-state index contributed by atoms with van der Waals surface area (Å²) < 4.78 is 0. The first-order chi connectivity index (χ1) is 12.2. The number of anilines is 2. The molecule has 1 aliphatic heterocycles. The molecule has 6 nitrogen and oxygen atoms in total. The van der Waals surface area contributed by atoms with Crippen molar-refractivity contribution in [1.29, 1.82) is 0 Å². The van der Waals surface area contributed by atoms with E-state index in [1.54, 1.807) is 6.92 Å². The number of piperazine rings is 1. The Morgan fingerprint density at radius 3 is 2.44 bits per heavy atom. The quantitative estimate of drug-likeness (QED) is 0.928. The molecule has 2 aromatic rings. The maximum Gasteiger partial charge on any atom is 0.227 e. The zero-order valence-electron chi connectivity index (χ0n) is 14.5. The van der Waals surface area contributed by atoms with Crippen LogP contribution in [0.15, 0.2) is 36.4 Å². The van der Waals surface area contributed by atoms with Gasteiger partial charge in [0.2, 0.25) is 11.9 Å². The molecule has 1 N–H and O–H groups in total. The minimum atomic E-state index is 0.134. The van der Waals surface area contributed by atoms with Gasteiger partial charge in [-0.1, -0.05) is 30.3 Å². The van der Waals surface area contributed by atoms with Crippen molar-refractivity contribution >= 4 is 17.7 Å². The Kier molecular flexibility index (Phi) is 4.26. The third-order valence-corrected chi connectivity index (χ3v) is 4.72. The van der Waals surface area contributed by atoms with Gasteiger partial charge in [-0.2, -0.15) is 4.98 Å². The summed E-state index contributed by atoms with van der Waals surface area (Å²) in [6.45, 7) is 4.60. The highest BCUT2D eigenvalue weighted by atomic mass is 16.2. The van der Waals surface area contributed by atoms with Crippen LogP contribution in [0.2, 0.25) is 0 Å². The molecule has 1 saturated carbocycles. The molecule has 1 amide bonds. The number of carbonyl (C=O) groups is 1. The number of hydrogen-bond donors (Lipinski definition) is 1. The van der Waals surface area contributed by atoms with Crippen LogP contribution in [0, 0.1) is 0 Å². The molecule has 6 heteroatoms. The van der Waals surface area contributed by atoms with Gasteiger partial charge in [0.05, 0.1) is 5.69 Å². The molecule has 130 valence electrons. The molecule has 4 rings (SSSR count). The van der Waals surface area contributed by atoms with E-state index in [2.05, 4.69) is 22.3 Å². The van der Waals surface area contributed by atoms with Crippen LogP contribution in [0.4, 0.5) is 11.8 Å². The van der Waals surface area contributed by atoms with E-state index < -0.39 is 0 Å². The molecule has 0 radical (unpaired) electrons. The minimum Gasteiger partial charge on any atom is -0.367 e. The second kappa shape index (κ2) is 6.70. The highest BCUT2D eigenvalue weighted by Gasteiger charge is 2.24. The van der Waals surface area contributed by atoms with E-state index in [9.17, 15) is 4.79 Å². The molecule has 1 aromatic carbocycles. The molecule has 1 aliphatic carbocycles. The molecule has 0 atom stereocenters. The van der Waals surface area contributed by atoms with Crippen molar-refractivity contribution in [2.24, 2.45) is 0 Å². The van der Waals surface area contributed by atoms with Gasteiger partial charge in [0.15, 0.2) is 0 Å². The van der Waals surface area contributed by atoms with Gasteiger partial charge in [0.25, 0.3) is 0 Å². The number of benzene rings is 1. The fourth-order valence-corrected chi connectivity index (χ4v) is 3.06. The third kappa shape index (κ3) is 3.73. The zero-order chi connectivity index (χ0) is 17.2. The number of nitrogens with one attached hydrogen (secondary N) is 1. The van der Waals surface area contributed by atoms with Crippen LogP contribution < -0.4 is 10.2 Å². The predicted octanol–water partition coefficient (Wildman–Crippen LogP) is 2.39. The summed E-state index contributed by atoms with van der Waals surface area (Å²) in [5.41, 5.74) is 2.02. The third-order valence-electron chi connectivity index (χ3n) is 4.72. The molecule has 0 bridgehead atoms. The van der Waals surface area contributed by atoms with Crippen molar-refractivity contribution < 1.29 is 4.79 Å². The Morgan fingerprint density at radius 1 is 1.08 bits per heavy atom. The van der Waals surface area contributed by atoms with Crippen LogP contribution in [0.25, 0.3) is 11.3 Å². The lowest BCUT2D eigenvalue weighted by Crippen LogP contribution is -2.48. The van der Waals surface area contributed by atoms with E-state index in [4.69, 9.17) is 9.97 Å². The predicted molar refractivity (Wildman–Crippen MR) is 98.6 cm³/mol. The van der Waals surface area contributed by atoms with E-state index in [1.165, 1.54) is 12.8 Å². The number of nitrogens with zero attached hydrogens (tertiary/aromatic N) is 4. The van der Waals surface area contributed by atoms with Crippen molar-refractivity contribution in [3.63, 3.8) is 0 Å². The maximum absolute atomic E-state index is 11.5. The monoisotopic (exact) mass is 337 g/mol. The fraction of sp³-hybridized carbons (Fsp3) is 0.421. The highest BCUT2D eigenvalue weighted by Crippen LogP contribution is 2.28. The van der Waals surface area contributed by atoms with Crippen LogP contribution >= 0.6 is 0 Å². The Bertz CT molecular complexity index is 752. The topological polar surface area (TPSA) is 61.4 Å². The second-order valence-corrected chi connectivity index (χ2v) is 6.72. The van der Waals surface area contributed by atoms with Crippen LogP contribution in [-0.2, 0) is 4.79 Å². The zero-order valence-corrected chi connectivity index (χ0v) is 14.5. The Labute approximate surface area is 147 Å². The lowest BCUT2D eigenvalue weighted by molar-refractivity contribution is -0.129. The number of amides is 1. The molecular weight excluding hydrogens is 314 g/mol. The van der Waals surface area contributed by atoms with Crippen molar-refractivity contribution in [3.05, 3.63) is 36.4 Å². The largest absolute Gasteiger partial charge is 0.367 e. The first kappa shape index (κ1) is 15.9. The van der Waals surface area contributed by atoms with Gasteiger partial charge >= 0.3 is 0 Å². The van der Waals surface area contributed by atoms with Gasteiger partial charge in [-0.3, -0.25) is 4.79 Å². The SMILES string of the molecule is CC(=O)N1CCN(c2nc(NC3CC3)cc(-c3ccccc3)n2)CC1. The van der Waals surface area contributed by atoms with E-state index in [0.29, 0.717) is 6.04 Å². The summed E-state index contributed by atoms with van der Waals surface area (Å²) in [6, 6.07) is 12.8. The van der Waals surface area contributed by atoms with E-state index in [-0.39, 0.29) is 5.91 Å². The summed E-state index contributed by atoms with van der Waals surface area (Å²) in [5, 5.41) is 3.49. The first-order valence-corrected chi connectivity index (χ1v) is 8.90. The summed E-state index contributed by atoms with van der Waals surface area (Å²) in [4.78, 5) is 25.1. The lowest BCUT2D eigenvalue weighted by Gasteiger charge is -2.34. The molecule has 1 aromatic heterocycles. The molecular formula is C19H23N5O. The fourth-order valence-electron chi connectivity index (χ4n) is 3.06. The average Bonchev–Trinajstić information content (AvgIpc) is 3.46. The Morgan fingerprint density at radius 2 is 1.80 bits per heavy atom. The summed E-state index contributed by atoms with van der Waals surface area (Å²) in [6.07, 6.45) is 2.41. The molecule has 2 fully saturated rings. The Hall–Kier alpha value is -2.63. The summed E-state index contributed by atoms with van der Waals surface area (Å²) >= 11 is 0. The van der Waals surface area contributed by atoms with Gasteiger partial charge in [-0.25, -0.2) is 4.98 Å². The van der Waals surface area contributed by atoms with Gasteiger partial charge < -0.3 is 15.1 Å². The van der Waals surface area contributed by atoms with Crippen LogP contribution in [0.5, 0.6) is 0 Å². The van der Waals surface area contributed by atoms with Crippen molar-refractivity contribution in [3.8, 4) is 11.3 Å². The molecule has 2 heterocycles. The summed E-state index contributed by atoms with van der Waals surface area (Å²) in [5.74, 6) is 1.77. The van der Waals surface area contributed by atoms with Crippen molar-refractivity contribution in [2.45, 2.75) is 25.8 Å². The van der Waals surface area contributed by atoms with Crippen LogP contribution in [-0.4, -0.2) is 53.0 Å². The molecule has 25 heavy (non-hydrogen) atoms. The van der Waals surface area contributed by atoms with E-state index in [0.717, 1.165) is 49.2 Å². The smallest absolute Gasteiger partial charge is 0.227 e. The molecule has 1 saturated heterocycles. The van der Waals surface area contributed by atoms with E-state index >= 15 is 0 Å². The average molecular weight is 337 g/mol. The van der Waals surface area contributed by atoms with Gasteiger partial charge in [-0.15, -0.1) is 0 Å². The van der Waals surface area contributed by atoms with Crippen LogP contribution in [0.1, 0.15) is 19.8 Å². The van der Waals surface area contributed by atoms with Gasteiger partial charge in [0, 0.05) is 50.8 Å². The number of rotatable bonds is 4. The Balaban J connectivity index is 1.61. The number of aromatic nitrogens is 2. The van der Waals surface area contributed by atoms with Crippen molar-refractivity contribution in [1.82, 2.24) is 14.9 Å².